The molecular formula is C17H24N2O8. The average molecular weight is 384 g/mol. The van der Waals surface area contributed by atoms with Crippen molar-refractivity contribution in [1.82, 2.24) is 4.98 Å². The maximum absolute atomic E-state index is 10.6. The SMILES string of the molecule is NC(Cc1c[nH]c2ccccc12)C(=O)O.OC[C@H]1O[C@H](O)[C@H](O)[C@@H](O)[C@@H]1O. The molecule has 0 saturated carbocycles. The summed E-state index contributed by atoms with van der Waals surface area (Å²) in [5.74, 6) is -0.972. The van der Waals surface area contributed by atoms with Crippen LogP contribution in [0.2, 0.25) is 0 Å². The fourth-order valence-electron chi connectivity index (χ4n) is 2.71. The van der Waals surface area contributed by atoms with Crippen LogP contribution in [0.15, 0.2) is 30.5 Å². The first kappa shape index (κ1) is 21.3. The molecule has 150 valence electrons. The largest absolute Gasteiger partial charge is 0.480 e. The highest BCUT2D eigenvalue weighted by molar-refractivity contribution is 5.84. The number of hydrogen-bond acceptors (Lipinski definition) is 8. The predicted molar refractivity (Wildman–Crippen MR) is 93.6 cm³/mol. The van der Waals surface area contributed by atoms with Crippen LogP contribution in [0.1, 0.15) is 5.56 Å². The molecule has 9 N–H and O–H groups in total. The zero-order chi connectivity index (χ0) is 20.1. The molecule has 2 aromatic rings. The molecule has 0 amide bonds. The zero-order valence-corrected chi connectivity index (χ0v) is 14.3. The van der Waals surface area contributed by atoms with Crippen molar-refractivity contribution in [2.45, 2.75) is 43.2 Å². The number of nitrogens with one attached hydrogen (secondary N) is 1. The van der Waals surface area contributed by atoms with Crippen LogP contribution in [0, 0.1) is 0 Å². The van der Waals surface area contributed by atoms with Crippen LogP contribution in [-0.4, -0.2) is 84.9 Å². The molecule has 1 aliphatic heterocycles. The number of aliphatic hydroxyl groups excluding tert-OH is 5. The van der Waals surface area contributed by atoms with Gasteiger partial charge in [-0.25, -0.2) is 0 Å². The minimum atomic E-state index is -1.57. The van der Waals surface area contributed by atoms with E-state index in [1.54, 1.807) is 0 Å². The molecule has 3 rings (SSSR count). The number of benzene rings is 1. The second-order valence-electron chi connectivity index (χ2n) is 6.23. The smallest absolute Gasteiger partial charge is 0.320 e. The van der Waals surface area contributed by atoms with Gasteiger partial charge in [0, 0.05) is 23.5 Å². The fourth-order valence-corrected chi connectivity index (χ4v) is 2.71. The quantitative estimate of drug-likeness (QED) is 0.292. The number of carboxylic acids is 1. The van der Waals surface area contributed by atoms with Gasteiger partial charge in [-0.15, -0.1) is 0 Å². The number of aliphatic carboxylic acids is 1. The molecule has 0 spiro atoms. The van der Waals surface area contributed by atoms with Gasteiger partial charge >= 0.3 is 5.97 Å². The molecule has 1 fully saturated rings. The van der Waals surface area contributed by atoms with Gasteiger partial charge in [-0.2, -0.15) is 0 Å². The van der Waals surface area contributed by atoms with E-state index in [2.05, 4.69) is 9.72 Å². The molecule has 10 nitrogen and oxygen atoms in total. The molecule has 10 heteroatoms. The van der Waals surface area contributed by atoms with Crippen LogP contribution in [-0.2, 0) is 16.0 Å². The standard InChI is InChI=1S/C11H12N2O2.C6H12O6/c12-9(11(14)15)5-7-6-13-10-4-2-1-3-8(7)10;7-1-2-3(8)4(9)5(10)6(11)12-2/h1-4,6,9,13H,5,12H2,(H,14,15);2-11H,1H2/t;2-,3-,4+,5-,6+/m.1/s1. The minimum Gasteiger partial charge on any atom is -0.480 e. The van der Waals surface area contributed by atoms with Crippen molar-refractivity contribution in [1.29, 1.82) is 0 Å². The number of nitrogens with two attached hydrogens (primary N) is 1. The molecule has 1 aromatic heterocycles. The minimum absolute atomic E-state index is 0.347. The Morgan fingerprint density at radius 3 is 2.44 bits per heavy atom. The third-order valence-electron chi connectivity index (χ3n) is 4.30. The van der Waals surface area contributed by atoms with Crippen LogP contribution in [0.4, 0.5) is 0 Å². The van der Waals surface area contributed by atoms with E-state index in [-0.39, 0.29) is 0 Å². The van der Waals surface area contributed by atoms with Crippen molar-refractivity contribution in [2.24, 2.45) is 5.73 Å². The summed E-state index contributed by atoms with van der Waals surface area (Å²) >= 11 is 0. The van der Waals surface area contributed by atoms with E-state index in [1.165, 1.54) is 0 Å². The lowest BCUT2D eigenvalue weighted by Gasteiger charge is -2.37. The monoisotopic (exact) mass is 384 g/mol. The van der Waals surface area contributed by atoms with E-state index in [1.807, 2.05) is 30.5 Å². The lowest BCUT2D eigenvalue weighted by molar-refractivity contribution is -0.286. The predicted octanol–water partition coefficient (Wildman–Crippen LogP) is -2.10. The highest BCUT2D eigenvalue weighted by Crippen LogP contribution is 2.19. The first-order valence-electron chi connectivity index (χ1n) is 8.28. The molecule has 1 aliphatic rings. The summed E-state index contributed by atoms with van der Waals surface area (Å²) in [5.41, 5.74) is 7.43. The van der Waals surface area contributed by atoms with Crippen LogP contribution in [0.25, 0.3) is 10.9 Å². The van der Waals surface area contributed by atoms with Gasteiger partial charge in [0.25, 0.3) is 0 Å². The Balaban J connectivity index is 0.000000199. The Kier molecular flexibility index (Phi) is 7.27. The van der Waals surface area contributed by atoms with Crippen molar-refractivity contribution in [3.63, 3.8) is 0 Å². The first-order chi connectivity index (χ1) is 12.8. The molecule has 0 aliphatic carbocycles. The third kappa shape index (κ3) is 5.02. The summed E-state index contributed by atoms with van der Waals surface area (Å²) in [6, 6.07) is 6.91. The number of rotatable bonds is 4. The third-order valence-corrected chi connectivity index (χ3v) is 4.30. The number of hydrogen-bond donors (Lipinski definition) is 8. The Morgan fingerprint density at radius 2 is 1.81 bits per heavy atom. The maximum Gasteiger partial charge on any atom is 0.320 e. The van der Waals surface area contributed by atoms with Crippen LogP contribution in [0.5, 0.6) is 0 Å². The highest BCUT2D eigenvalue weighted by Gasteiger charge is 2.42. The van der Waals surface area contributed by atoms with Gasteiger partial charge in [-0.1, -0.05) is 18.2 Å². The first-order valence-corrected chi connectivity index (χ1v) is 8.28. The van der Waals surface area contributed by atoms with E-state index in [4.69, 9.17) is 36.4 Å². The molecule has 1 unspecified atom stereocenters. The second-order valence-corrected chi connectivity index (χ2v) is 6.23. The summed E-state index contributed by atoms with van der Waals surface area (Å²) in [7, 11) is 0. The van der Waals surface area contributed by atoms with Gasteiger partial charge in [-0.05, 0) is 11.6 Å². The summed E-state index contributed by atoms with van der Waals surface area (Å²) in [4.78, 5) is 13.7. The Labute approximate surface area is 154 Å². The molecule has 1 saturated heterocycles. The van der Waals surface area contributed by atoms with Gasteiger partial charge in [-0.3, -0.25) is 4.79 Å². The van der Waals surface area contributed by atoms with E-state index < -0.39 is 49.3 Å². The van der Waals surface area contributed by atoms with Gasteiger partial charge in [0.2, 0.25) is 0 Å². The number of aliphatic hydroxyl groups is 5. The molecule has 27 heavy (non-hydrogen) atoms. The van der Waals surface area contributed by atoms with Gasteiger partial charge in [0.1, 0.15) is 30.5 Å². The molecule has 6 atom stereocenters. The average Bonchev–Trinajstić information content (AvgIpc) is 3.06. The lowest BCUT2D eigenvalue weighted by Crippen LogP contribution is -2.58. The van der Waals surface area contributed by atoms with Crippen LogP contribution >= 0.6 is 0 Å². The number of aromatic amines is 1. The van der Waals surface area contributed by atoms with Crippen molar-refractivity contribution in [3.8, 4) is 0 Å². The van der Waals surface area contributed by atoms with Crippen molar-refractivity contribution >= 4 is 16.9 Å². The highest BCUT2D eigenvalue weighted by atomic mass is 16.6. The van der Waals surface area contributed by atoms with Gasteiger partial charge in [0.15, 0.2) is 6.29 Å². The normalized spacial score (nSPS) is 29.0. The summed E-state index contributed by atoms with van der Waals surface area (Å²) in [6.45, 7) is -0.526. The van der Waals surface area contributed by atoms with Crippen molar-refractivity contribution in [3.05, 3.63) is 36.0 Å². The molecular weight excluding hydrogens is 360 g/mol. The number of carboxylic acid groups (broad SMARTS) is 1. The van der Waals surface area contributed by atoms with E-state index in [0.29, 0.717) is 6.42 Å². The molecule has 2 heterocycles. The maximum atomic E-state index is 10.6. The number of fused-ring (bicyclic) bond motifs is 1. The number of carbonyl (C=O) groups is 1. The number of H-pyrrole nitrogens is 1. The topological polar surface area (TPSA) is 189 Å². The lowest BCUT2D eigenvalue weighted by atomic mass is 10.00. The number of para-hydroxylation sites is 1. The Morgan fingerprint density at radius 1 is 1.15 bits per heavy atom. The molecule has 0 bridgehead atoms. The molecule has 0 radical (unpaired) electrons. The Hall–Kier alpha value is -2.05. The fraction of sp³-hybridized carbons (Fsp3) is 0.471. The van der Waals surface area contributed by atoms with E-state index in [9.17, 15) is 4.79 Å². The van der Waals surface area contributed by atoms with Gasteiger partial charge in [0.05, 0.1) is 6.61 Å². The molecule has 1 aromatic carbocycles. The van der Waals surface area contributed by atoms with Crippen molar-refractivity contribution in [2.75, 3.05) is 6.61 Å². The summed E-state index contributed by atoms with van der Waals surface area (Å²) in [6.07, 6.45) is -4.88. The van der Waals surface area contributed by atoms with E-state index in [0.717, 1.165) is 16.5 Å². The van der Waals surface area contributed by atoms with E-state index >= 15 is 0 Å². The van der Waals surface area contributed by atoms with Crippen molar-refractivity contribution < 1.29 is 40.2 Å². The second kappa shape index (κ2) is 9.24. The Bertz CT molecular complexity index is 747. The van der Waals surface area contributed by atoms with Gasteiger partial charge < -0.3 is 46.1 Å². The number of aromatic nitrogens is 1. The summed E-state index contributed by atoms with van der Waals surface area (Å²) in [5, 5.41) is 54.4. The van der Waals surface area contributed by atoms with Crippen LogP contribution in [0.3, 0.4) is 0 Å². The summed E-state index contributed by atoms with van der Waals surface area (Å²) < 4.78 is 4.58. The van der Waals surface area contributed by atoms with Crippen LogP contribution < -0.4 is 5.73 Å². The number of ether oxygens (including phenoxy) is 1. The zero-order valence-electron chi connectivity index (χ0n) is 14.3.